The highest BCUT2D eigenvalue weighted by Gasteiger charge is 2.70. The van der Waals surface area contributed by atoms with Crippen molar-refractivity contribution in [2.75, 3.05) is 0 Å². The summed E-state index contributed by atoms with van der Waals surface area (Å²) in [5, 5.41) is 0. The minimum absolute atomic E-state index is 0.0207. The molecule has 0 aliphatic heterocycles. The fourth-order valence-electron chi connectivity index (χ4n) is 8.43. The highest BCUT2D eigenvalue weighted by molar-refractivity contribution is 9.10. The van der Waals surface area contributed by atoms with Gasteiger partial charge in [0.05, 0.1) is 4.32 Å². The SMILES string of the molecule is CC(=O)O[C@@H]1CC[C@@]2(C)[C@@H](CC[C@H]3[C@@H]4CC[C@H]([C@@H](C)OC(C)=O)[C@@]4(C)CC(=O)[C@@]32Br)C1. The number of esters is 2. The number of hydrogen-bond donors (Lipinski definition) is 0. The van der Waals surface area contributed by atoms with Crippen LogP contribution in [0.2, 0.25) is 0 Å². The lowest BCUT2D eigenvalue weighted by Crippen LogP contribution is -2.67. The molecule has 0 bridgehead atoms. The molecule has 4 saturated carbocycles. The molecule has 0 radical (unpaired) electrons. The summed E-state index contributed by atoms with van der Waals surface area (Å²) < 4.78 is 10.6. The normalized spacial score (nSPS) is 47.5. The van der Waals surface area contributed by atoms with Gasteiger partial charge in [0.15, 0.2) is 5.78 Å². The Kier molecular flexibility index (Phi) is 5.89. The van der Waals surface area contributed by atoms with Crippen molar-refractivity contribution in [3.63, 3.8) is 0 Å². The third kappa shape index (κ3) is 3.41. The van der Waals surface area contributed by atoms with Crippen LogP contribution in [-0.2, 0) is 23.9 Å². The first kappa shape index (κ1) is 23.3. The summed E-state index contributed by atoms with van der Waals surface area (Å²) in [6.45, 7) is 9.52. The molecule has 0 amide bonds. The minimum Gasteiger partial charge on any atom is -0.463 e. The van der Waals surface area contributed by atoms with Crippen molar-refractivity contribution >= 4 is 33.7 Å². The Balaban J connectivity index is 1.62. The number of fused-ring (bicyclic) bond motifs is 5. The monoisotopic (exact) mass is 496 g/mol. The van der Waals surface area contributed by atoms with Gasteiger partial charge in [-0.05, 0) is 80.5 Å². The molecule has 4 aliphatic carbocycles. The number of carbonyl (C=O) groups excluding carboxylic acids is 3. The van der Waals surface area contributed by atoms with E-state index in [4.69, 9.17) is 9.47 Å². The van der Waals surface area contributed by atoms with Gasteiger partial charge in [-0.2, -0.15) is 0 Å². The molecule has 0 spiro atoms. The number of ether oxygens (including phenoxy) is 2. The van der Waals surface area contributed by atoms with Gasteiger partial charge in [0.2, 0.25) is 0 Å². The largest absolute Gasteiger partial charge is 0.463 e. The molecule has 4 rings (SSSR count). The van der Waals surface area contributed by atoms with Crippen LogP contribution in [0.15, 0.2) is 0 Å². The zero-order valence-corrected chi connectivity index (χ0v) is 21.1. The first-order chi connectivity index (χ1) is 14.4. The molecule has 9 atom stereocenters. The lowest BCUT2D eigenvalue weighted by Gasteiger charge is -2.64. The number of ketones is 1. The number of carbonyl (C=O) groups is 3. The van der Waals surface area contributed by atoms with Crippen LogP contribution < -0.4 is 0 Å². The zero-order valence-electron chi connectivity index (χ0n) is 19.5. The minimum atomic E-state index is -0.506. The second-order valence-corrected chi connectivity index (χ2v) is 12.5. The Hall–Kier alpha value is -0.910. The van der Waals surface area contributed by atoms with Crippen molar-refractivity contribution in [2.24, 2.45) is 34.5 Å². The van der Waals surface area contributed by atoms with E-state index in [1.165, 1.54) is 13.8 Å². The Morgan fingerprint density at radius 2 is 1.71 bits per heavy atom. The van der Waals surface area contributed by atoms with Gasteiger partial charge in [0.25, 0.3) is 0 Å². The Bertz CT molecular complexity index is 782. The second kappa shape index (κ2) is 7.85. The number of hydrogen-bond acceptors (Lipinski definition) is 5. The molecule has 0 aromatic heterocycles. The zero-order chi connectivity index (χ0) is 22.8. The fourth-order valence-corrected chi connectivity index (χ4v) is 9.64. The van der Waals surface area contributed by atoms with Gasteiger partial charge in [0, 0.05) is 26.2 Å². The van der Waals surface area contributed by atoms with E-state index in [9.17, 15) is 14.4 Å². The van der Waals surface area contributed by atoms with Crippen molar-refractivity contribution in [1.29, 1.82) is 0 Å². The molecule has 0 aromatic rings. The van der Waals surface area contributed by atoms with Gasteiger partial charge in [0.1, 0.15) is 12.2 Å². The molecular formula is C25H37BrO5. The molecule has 0 saturated heterocycles. The maximum Gasteiger partial charge on any atom is 0.302 e. The smallest absolute Gasteiger partial charge is 0.302 e. The summed E-state index contributed by atoms with van der Waals surface area (Å²) in [6, 6.07) is 0. The van der Waals surface area contributed by atoms with Crippen LogP contribution in [0.5, 0.6) is 0 Å². The molecule has 4 aliphatic rings. The first-order valence-corrected chi connectivity index (χ1v) is 12.8. The van der Waals surface area contributed by atoms with Gasteiger partial charge in [-0.1, -0.05) is 29.8 Å². The van der Waals surface area contributed by atoms with E-state index in [0.29, 0.717) is 30.0 Å². The van der Waals surface area contributed by atoms with E-state index >= 15 is 0 Å². The van der Waals surface area contributed by atoms with Crippen LogP contribution >= 0.6 is 15.9 Å². The average molecular weight is 497 g/mol. The van der Waals surface area contributed by atoms with E-state index in [-0.39, 0.29) is 40.9 Å². The van der Waals surface area contributed by atoms with E-state index < -0.39 is 4.32 Å². The Morgan fingerprint density at radius 3 is 2.35 bits per heavy atom. The van der Waals surface area contributed by atoms with Crippen molar-refractivity contribution < 1.29 is 23.9 Å². The van der Waals surface area contributed by atoms with Crippen LogP contribution in [0.25, 0.3) is 0 Å². The average Bonchev–Trinajstić information content (AvgIpc) is 2.99. The van der Waals surface area contributed by atoms with Crippen LogP contribution in [0.4, 0.5) is 0 Å². The summed E-state index contributed by atoms with van der Waals surface area (Å²) in [6.07, 6.45) is 7.17. The molecule has 4 fully saturated rings. The standard InChI is InChI=1S/C25H37BrO5/c1-14(30-15(2)27)19-8-9-20-21-7-6-17-12-18(31-16(3)28)10-11-24(17,5)25(21,26)22(29)13-23(19,20)4/h14,17-21H,6-13H2,1-5H3/t14-,17+,18-,19-,20+,21+,23-,24+,25+/m1/s1. The van der Waals surface area contributed by atoms with Crippen LogP contribution in [0.3, 0.4) is 0 Å². The molecular weight excluding hydrogens is 460 g/mol. The van der Waals surface area contributed by atoms with E-state index in [2.05, 4.69) is 29.8 Å². The maximum absolute atomic E-state index is 14.0. The van der Waals surface area contributed by atoms with E-state index in [0.717, 1.165) is 44.9 Å². The van der Waals surface area contributed by atoms with Crippen LogP contribution in [0.1, 0.15) is 86.0 Å². The van der Waals surface area contributed by atoms with E-state index in [1.54, 1.807) is 0 Å². The highest BCUT2D eigenvalue weighted by Crippen LogP contribution is 2.71. The number of halogens is 1. The number of alkyl halides is 1. The summed E-state index contributed by atoms with van der Waals surface area (Å²) in [5.74, 6) is 1.25. The van der Waals surface area contributed by atoms with Gasteiger partial charge in [-0.15, -0.1) is 0 Å². The third-order valence-corrected chi connectivity index (χ3v) is 11.7. The highest BCUT2D eigenvalue weighted by atomic mass is 79.9. The first-order valence-electron chi connectivity index (χ1n) is 12.0. The summed E-state index contributed by atoms with van der Waals surface area (Å²) in [4.78, 5) is 37.0. The van der Waals surface area contributed by atoms with Gasteiger partial charge in [-0.3, -0.25) is 14.4 Å². The molecule has 0 N–H and O–H groups in total. The van der Waals surface area contributed by atoms with Crippen molar-refractivity contribution in [3.8, 4) is 0 Å². The second-order valence-electron chi connectivity index (χ2n) is 11.2. The van der Waals surface area contributed by atoms with Gasteiger partial charge >= 0.3 is 11.9 Å². The predicted octanol–water partition coefficient (Wildman–Crippen LogP) is 5.23. The maximum atomic E-state index is 14.0. The van der Waals surface area contributed by atoms with Crippen LogP contribution in [0, 0.1) is 34.5 Å². The fraction of sp³-hybridized carbons (Fsp3) is 0.880. The van der Waals surface area contributed by atoms with Gasteiger partial charge < -0.3 is 9.47 Å². The molecule has 0 aromatic carbocycles. The molecule has 6 heteroatoms. The van der Waals surface area contributed by atoms with E-state index in [1.807, 2.05) is 6.92 Å². The lowest BCUT2D eigenvalue weighted by atomic mass is 9.44. The molecule has 0 unspecified atom stereocenters. The summed E-state index contributed by atoms with van der Waals surface area (Å²) in [5.41, 5.74) is -0.239. The summed E-state index contributed by atoms with van der Waals surface area (Å²) in [7, 11) is 0. The summed E-state index contributed by atoms with van der Waals surface area (Å²) >= 11 is 4.12. The Morgan fingerprint density at radius 1 is 1.03 bits per heavy atom. The number of rotatable bonds is 3. The topological polar surface area (TPSA) is 69.7 Å². The number of Topliss-reactive ketones (excluding diaryl/α,β-unsaturated/α-hetero) is 1. The van der Waals surface area contributed by atoms with Crippen LogP contribution in [-0.4, -0.2) is 34.3 Å². The quantitative estimate of drug-likeness (QED) is 0.395. The third-order valence-electron chi connectivity index (χ3n) is 9.77. The van der Waals surface area contributed by atoms with Crippen molar-refractivity contribution in [3.05, 3.63) is 0 Å². The lowest BCUT2D eigenvalue weighted by molar-refractivity contribution is -0.165. The molecule has 174 valence electrons. The molecule has 0 heterocycles. The van der Waals surface area contributed by atoms with Crippen molar-refractivity contribution in [2.45, 2.75) is 103 Å². The Labute approximate surface area is 194 Å². The van der Waals surface area contributed by atoms with Gasteiger partial charge in [-0.25, -0.2) is 0 Å². The molecule has 31 heavy (non-hydrogen) atoms. The predicted molar refractivity (Wildman–Crippen MR) is 121 cm³/mol. The van der Waals surface area contributed by atoms with Crippen molar-refractivity contribution in [1.82, 2.24) is 0 Å². The molecule has 5 nitrogen and oxygen atoms in total.